The van der Waals surface area contributed by atoms with E-state index in [-0.39, 0.29) is 13.2 Å². The van der Waals surface area contributed by atoms with Gasteiger partial charge in [0.05, 0.1) is 13.2 Å². The van der Waals surface area contributed by atoms with Crippen LogP contribution in [0.15, 0.2) is 36.9 Å². The highest BCUT2D eigenvalue weighted by Gasteiger charge is 2.44. The molecule has 0 bridgehead atoms. The van der Waals surface area contributed by atoms with Crippen LogP contribution in [-0.4, -0.2) is 42.8 Å². The smallest absolute Gasteiger partial charge is 0.365 e. The van der Waals surface area contributed by atoms with Gasteiger partial charge in [-0.3, -0.25) is 4.79 Å². The molecule has 0 aliphatic carbocycles. The number of ether oxygens (including phenoxy) is 1. The second kappa shape index (κ2) is 6.30. The molecule has 1 amide bonds. The van der Waals surface area contributed by atoms with Gasteiger partial charge in [-0.2, -0.15) is 13.2 Å². The first-order valence-electron chi connectivity index (χ1n) is 6.59. The number of morpholine rings is 1. The molecule has 0 spiro atoms. The van der Waals surface area contributed by atoms with Gasteiger partial charge in [0.2, 0.25) is 0 Å². The highest BCUT2D eigenvalue weighted by molar-refractivity contribution is 5.94. The molecule has 6 heteroatoms. The van der Waals surface area contributed by atoms with Gasteiger partial charge in [0, 0.05) is 12.1 Å². The SMILES string of the molecule is C=CCc1ccc(C(=O)N2CCOC(C(F)(F)F)C2)cc1. The average molecular weight is 299 g/mol. The molecule has 1 aliphatic heterocycles. The Kier molecular flexibility index (Phi) is 4.67. The maximum atomic E-state index is 12.6. The van der Waals surface area contributed by atoms with Gasteiger partial charge in [-0.15, -0.1) is 6.58 Å². The van der Waals surface area contributed by atoms with E-state index >= 15 is 0 Å². The van der Waals surface area contributed by atoms with Crippen molar-refractivity contribution in [3.8, 4) is 0 Å². The van der Waals surface area contributed by atoms with E-state index < -0.39 is 24.7 Å². The van der Waals surface area contributed by atoms with Crippen LogP contribution in [0.1, 0.15) is 15.9 Å². The van der Waals surface area contributed by atoms with E-state index in [2.05, 4.69) is 11.3 Å². The largest absolute Gasteiger partial charge is 0.416 e. The van der Waals surface area contributed by atoms with Gasteiger partial charge in [-0.05, 0) is 24.1 Å². The quantitative estimate of drug-likeness (QED) is 0.803. The predicted molar refractivity (Wildman–Crippen MR) is 72.0 cm³/mol. The molecule has 0 radical (unpaired) electrons. The topological polar surface area (TPSA) is 29.5 Å². The first-order chi connectivity index (χ1) is 9.91. The standard InChI is InChI=1S/C15H16F3NO2/c1-2-3-11-4-6-12(7-5-11)14(20)19-8-9-21-13(10-19)15(16,17)18/h2,4-7,13H,1,3,8-10H2. The van der Waals surface area contributed by atoms with Crippen molar-refractivity contribution in [2.45, 2.75) is 18.7 Å². The normalized spacial score (nSPS) is 19.4. The van der Waals surface area contributed by atoms with Gasteiger partial charge in [0.15, 0.2) is 6.10 Å². The molecule has 1 aromatic carbocycles. The molecule has 3 nitrogen and oxygen atoms in total. The summed E-state index contributed by atoms with van der Waals surface area (Å²) in [5.74, 6) is -0.405. The van der Waals surface area contributed by atoms with Gasteiger partial charge in [0.1, 0.15) is 0 Å². The molecule has 0 saturated carbocycles. The second-order valence-electron chi connectivity index (χ2n) is 4.84. The summed E-state index contributed by atoms with van der Waals surface area (Å²) < 4.78 is 42.6. The molecule has 21 heavy (non-hydrogen) atoms. The van der Waals surface area contributed by atoms with Crippen LogP contribution in [0.5, 0.6) is 0 Å². The number of carbonyl (C=O) groups excluding carboxylic acids is 1. The molecule has 0 aromatic heterocycles. The van der Waals surface area contributed by atoms with Crippen LogP contribution in [0.2, 0.25) is 0 Å². The lowest BCUT2D eigenvalue weighted by Crippen LogP contribution is -2.51. The Labute approximate surface area is 121 Å². The number of hydrogen-bond acceptors (Lipinski definition) is 2. The van der Waals surface area contributed by atoms with Crippen LogP contribution in [-0.2, 0) is 11.2 Å². The van der Waals surface area contributed by atoms with Crippen LogP contribution in [0.25, 0.3) is 0 Å². The molecule has 114 valence electrons. The number of allylic oxidation sites excluding steroid dienone is 1. The van der Waals surface area contributed by atoms with Crippen LogP contribution in [0, 0.1) is 0 Å². The Hall–Kier alpha value is -1.82. The minimum absolute atomic E-state index is 0.107. The zero-order valence-corrected chi connectivity index (χ0v) is 11.4. The fraction of sp³-hybridized carbons (Fsp3) is 0.400. The fourth-order valence-electron chi connectivity index (χ4n) is 2.16. The first-order valence-corrected chi connectivity index (χ1v) is 6.59. The first kappa shape index (κ1) is 15.6. The van der Waals surface area contributed by atoms with E-state index in [0.29, 0.717) is 12.0 Å². The van der Waals surface area contributed by atoms with Gasteiger partial charge in [-0.1, -0.05) is 18.2 Å². The lowest BCUT2D eigenvalue weighted by Gasteiger charge is -2.33. The molecule has 1 saturated heterocycles. The Morgan fingerprint density at radius 3 is 2.62 bits per heavy atom. The van der Waals surface area contributed by atoms with Gasteiger partial charge < -0.3 is 9.64 Å². The lowest BCUT2D eigenvalue weighted by atomic mass is 10.1. The zero-order chi connectivity index (χ0) is 15.5. The van der Waals surface area contributed by atoms with Crippen molar-refractivity contribution < 1.29 is 22.7 Å². The molecule has 0 N–H and O–H groups in total. The number of benzene rings is 1. The highest BCUT2D eigenvalue weighted by atomic mass is 19.4. The van der Waals surface area contributed by atoms with E-state index in [1.54, 1.807) is 30.3 Å². The summed E-state index contributed by atoms with van der Waals surface area (Å²) in [6.07, 6.45) is -3.93. The Balaban J connectivity index is 2.06. The van der Waals surface area contributed by atoms with Crippen LogP contribution < -0.4 is 0 Å². The average Bonchev–Trinajstić information content (AvgIpc) is 2.47. The van der Waals surface area contributed by atoms with Gasteiger partial charge in [-0.25, -0.2) is 0 Å². The number of amides is 1. The van der Waals surface area contributed by atoms with Gasteiger partial charge >= 0.3 is 6.18 Å². The summed E-state index contributed by atoms with van der Waals surface area (Å²) in [5.41, 5.74) is 1.38. The third-order valence-electron chi connectivity index (χ3n) is 3.30. The third kappa shape index (κ3) is 3.85. The summed E-state index contributed by atoms with van der Waals surface area (Å²) in [6.45, 7) is 3.22. The molecular formula is C15H16F3NO2. The Morgan fingerprint density at radius 2 is 2.05 bits per heavy atom. The molecule has 1 aromatic rings. The van der Waals surface area contributed by atoms with Crippen LogP contribution in [0.3, 0.4) is 0 Å². The van der Waals surface area contributed by atoms with E-state index in [1.807, 2.05) is 0 Å². The van der Waals surface area contributed by atoms with Crippen molar-refractivity contribution in [3.63, 3.8) is 0 Å². The van der Waals surface area contributed by atoms with E-state index in [1.165, 1.54) is 4.90 Å². The predicted octanol–water partition coefficient (Wildman–Crippen LogP) is 2.82. The summed E-state index contributed by atoms with van der Waals surface area (Å²) in [7, 11) is 0. The molecule has 1 atom stereocenters. The van der Waals surface area contributed by atoms with Crippen molar-refractivity contribution in [1.82, 2.24) is 4.90 Å². The Bertz CT molecular complexity index is 511. The number of nitrogens with zero attached hydrogens (tertiary/aromatic N) is 1. The molecular weight excluding hydrogens is 283 g/mol. The van der Waals surface area contributed by atoms with Crippen molar-refractivity contribution in [1.29, 1.82) is 0 Å². The maximum absolute atomic E-state index is 12.6. The van der Waals surface area contributed by atoms with Gasteiger partial charge in [0.25, 0.3) is 5.91 Å². The third-order valence-corrected chi connectivity index (χ3v) is 3.30. The van der Waals surface area contributed by atoms with Crippen molar-refractivity contribution in [2.24, 2.45) is 0 Å². The van der Waals surface area contributed by atoms with Crippen molar-refractivity contribution in [2.75, 3.05) is 19.7 Å². The Morgan fingerprint density at radius 1 is 1.38 bits per heavy atom. The molecule has 2 rings (SSSR count). The number of carbonyl (C=O) groups is 1. The monoisotopic (exact) mass is 299 g/mol. The lowest BCUT2D eigenvalue weighted by molar-refractivity contribution is -0.233. The van der Waals surface area contributed by atoms with Crippen LogP contribution >= 0.6 is 0 Å². The molecule has 1 aliphatic rings. The molecule has 1 unspecified atom stereocenters. The highest BCUT2D eigenvalue weighted by Crippen LogP contribution is 2.26. The summed E-state index contributed by atoms with van der Waals surface area (Å²) >= 11 is 0. The number of alkyl halides is 3. The summed E-state index contributed by atoms with van der Waals surface area (Å²) in [6, 6.07) is 6.80. The molecule has 1 heterocycles. The van der Waals surface area contributed by atoms with Crippen molar-refractivity contribution >= 4 is 5.91 Å². The number of rotatable bonds is 3. The minimum Gasteiger partial charge on any atom is -0.365 e. The second-order valence-corrected chi connectivity index (χ2v) is 4.84. The zero-order valence-electron chi connectivity index (χ0n) is 11.4. The van der Waals surface area contributed by atoms with E-state index in [9.17, 15) is 18.0 Å². The minimum atomic E-state index is -4.45. The summed E-state index contributed by atoms with van der Waals surface area (Å²) in [5, 5.41) is 0. The van der Waals surface area contributed by atoms with Crippen LogP contribution in [0.4, 0.5) is 13.2 Å². The maximum Gasteiger partial charge on any atom is 0.416 e. The fourth-order valence-corrected chi connectivity index (χ4v) is 2.16. The van der Waals surface area contributed by atoms with E-state index in [0.717, 1.165) is 5.56 Å². The summed E-state index contributed by atoms with van der Waals surface area (Å²) in [4.78, 5) is 13.4. The molecule has 1 fully saturated rings. The van der Waals surface area contributed by atoms with Crippen molar-refractivity contribution in [3.05, 3.63) is 48.0 Å². The number of hydrogen-bond donors (Lipinski definition) is 0. The van der Waals surface area contributed by atoms with E-state index in [4.69, 9.17) is 0 Å². The number of halogens is 3.